The van der Waals surface area contributed by atoms with Crippen LogP contribution in [-0.4, -0.2) is 6.04 Å². The molecule has 0 fully saturated rings. The first-order chi connectivity index (χ1) is 29.3. The van der Waals surface area contributed by atoms with Crippen LogP contribution in [0.25, 0.3) is 62.6 Å². The minimum atomic E-state index is 0.347. The van der Waals surface area contributed by atoms with E-state index in [1.807, 2.05) is 0 Å². The molecule has 0 aromatic heterocycles. The molecule has 0 saturated carbocycles. The molecule has 0 saturated heterocycles. The van der Waals surface area contributed by atoms with Crippen LogP contribution in [0.2, 0.25) is 0 Å². The van der Waals surface area contributed by atoms with Crippen LogP contribution in [0.3, 0.4) is 0 Å². The first-order valence-electron chi connectivity index (χ1n) is 22.4. The van der Waals surface area contributed by atoms with Gasteiger partial charge in [-0.2, -0.15) is 0 Å². The quantitative estimate of drug-likeness (QED) is 0.188. The lowest BCUT2D eigenvalue weighted by atomic mass is 9.71. The SMILES string of the molecule is C1=CCC(C2c3ccccc3NC2C2=CC=C3C=C(c4c5c(c(C6=CC=C(c7c8c(cc9ccccc79)=CCCC=8)CC6)c6ccccc46)=CCCC=5)CCC3C2)C=C1. The third-order valence-electron chi connectivity index (χ3n) is 14.7. The van der Waals surface area contributed by atoms with Gasteiger partial charge in [0.05, 0.1) is 6.04 Å². The standard InChI is InChI=1S/C58H51N/c1-2-14-37(15-3-1)57-52-24-12-13-25-53(52)59-58(57)45-33-31-40-34-44(32-30-41(40)35-45)56-50-22-10-8-20-48(50)55(49-21-9-11-23-51(49)56)39-28-26-38(27-29-39)54-46-18-6-4-16-42(46)36-43-17-5-7-19-47(43)54/h1-4,6,8,10,12-14,16-26,28,31,33-34,36-37,41,57-59H,5,7,9,11,15,27,29-30,32,35H2. The van der Waals surface area contributed by atoms with Gasteiger partial charge in [-0.25, -0.2) is 0 Å². The molecule has 1 heterocycles. The zero-order valence-corrected chi connectivity index (χ0v) is 33.9. The van der Waals surface area contributed by atoms with Crippen LogP contribution in [-0.2, 0) is 0 Å². The molecule has 7 aliphatic rings. The highest BCUT2D eigenvalue weighted by Gasteiger charge is 2.40. The maximum Gasteiger partial charge on any atom is 0.0552 e. The molecule has 0 radical (unpaired) electrons. The van der Waals surface area contributed by atoms with Gasteiger partial charge in [0, 0.05) is 11.6 Å². The zero-order valence-electron chi connectivity index (χ0n) is 33.9. The molecule has 0 amide bonds. The Balaban J connectivity index is 0.935. The number of benzene rings is 5. The molecule has 5 aromatic rings. The highest BCUT2D eigenvalue weighted by atomic mass is 15.0. The third-order valence-corrected chi connectivity index (χ3v) is 14.7. The van der Waals surface area contributed by atoms with Gasteiger partial charge in [0.2, 0.25) is 0 Å². The summed E-state index contributed by atoms with van der Waals surface area (Å²) in [6.07, 6.45) is 43.0. The predicted octanol–water partition coefficient (Wildman–Crippen LogP) is 11.7. The van der Waals surface area contributed by atoms with Crippen molar-refractivity contribution in [3.8, 4) is 0 Å². The molecule has 4 atom stereocenters. The fourth-order valence-corrected chi connectivity index (χ4v) is 12.0. The van der Waals surface area contributed by atoms with Crippen molar-refractivity contribution in [2.24, 2.45) is 11.8 Å². The zero-order chi connectivity index (χ0) is 38.9. The van der Waals surface area contributed by atoms with Crippen molar-refractivity contribution in [3.05, 3.63) is 188 Å². The molecule has 0 spiro atoms. The van der Waals surface area contributed by atoms with E-state index in [4.69, 9.17) is 0 Å². The second-order valence-corrected chi connectivity index (χ2v) is 17.9. The normalized spacial score (nSPS) is 24.0. The maximum atomic E-state index is 4.01. The molecule has 6 aliphatic carbocycles. The minimum Gasteiger partial charge on any atom is -0.378 e. The highest BCUT2D eigenvalue weighted by molar-refractivity contribution is 6.03. The van der Waals surface area contributed by atoms with Gasteiger partial charge < -0.3 is 5.32 Å². The van der Waals surface area contributed by atoms with E-state index in [0.717, 1.165) is 57.8 Å². The van der Waals surface area contributed by atoms with Crippen molar-refractivity contribution < 1.29 is 0 Å². The molecule has 1 heteroatoms. The molecule has 12 rings (SSSR count). The van der Waals surface area contributed by atoms with Crippen LogP contribution in [0.5, 0.6) is 0 Å². The molecule has 1 N–H and O–H groups in total. The van der Waals surface area contributed by atoms with Crippen LogP contribution < -0.4 is 26.2 Å². The van der Waals surface area contributed by atoms with E-state index in [9.17, 15) is 0 Å². The minimum absolute atomic E-state index is 0.347. The Kier molecular flexibility index (Phi) is 8.57. The second-order valence-electron chi connectivity index (χ2n) is 17.9. The van der Waals surface area contributed by atoms with Crippen molar-refractivity contribution >= 4 is 68.3 Å². The molecule has 288 valence electrons. The van der Waals surface area contributed by atoms with Crippen LogP contribution in [0.1, 0.15) is 92.4 Å². The summed E-state index contributed by atoms with van der Waals surface area (Å²) in [7, 11) is 0. The number of anilines is 1. The van der Waals surface area contributed by atoms with Crippen LogP contribution in [0.4, 0.5) is 5.69 Å². The van der Waals surface area contributed by atoms with E-state index >= 15 is 0 Å². The molecule has 1 aliphatic heterocycles. The van der Waals surface area contributed by atoms with E-state index < -0.39 is 0 Å². The highest BCUT2D eigenvalue weighted by Crippen LogP contribution is 2.49. The number of hydrogen-bond acceptors (Lipinski definition) is 1. The Hall–Kier alpha value is -5.92. The summed E-state index contributed by atoms with van der Waals surface area (Å²) in [4.78, 5) is 0. The predicted molar refractivity (Wildman–Crippen MR) is 252 cm³/mol. The maximum absolute atomic E-state index is 4.01. The van der Waals surface area contributed by atoms with E-state index in [1.54, 1.807) is 5.57 Å². The summed E-state index contributed by atoms with van der Waals surface area (Å²) in [5.41, 5.74) is 14.8. The Morgan fingerprint density at radius 2 is 1.25 bits per heavy atom. The van der Waals surface area contributed by atoms with E-state index in [1.165, 1.54) is 99.1 Å². The van der Waals surface area contributed by atoms with Crippen molar-refractivity contribution in [1.29, 1.82) is 0 Å². The van der Waals surface area contributed by atoms with Gasteiger partial charge in [0.1, 0.15) is 0 Å². The van der Waals surface area contributed by atoms with Gasteiger partial charge >= 0.3 is 0 Å². The average molecular weight is 762 g/mol. The van der Waals surface area contributed by atoms with Gasteiger partial charge in [-0.05, 0) is 181 Å². The largest absolute Gasteiger partial charge is 0.378 e. The number of fused-ring (bicyclic) bond motifs is 6. The average Bonchev–Trinajstić information content (AvgIpc) is 3.70. The lowest BCUT2D eigenvalue weighted by Crippen LogP contribution is -2.35. The molecule has 59 heavy (non-hydrogen) atoms. The smallest absolute Gasteiger partial charge is 0.0552 e. The summed E-state index contributed by atoms with van der Waals surface area (Å²) >= 11 is 0. The second kappa shape index (κ2) is 14.4. The van der Waals surface area contributed by atoms with Gasteiger partial charge in [0.25, 0.3) is 0 Å². The van der Waals surface area contributed by atoms with Crippen molar-refractivity contribution in [2.45, 2.75) is 76.2 Å². The topological polar surface area (TPSA) is 12.0 Å². The first-order valence-corrected chi connectivity index (χ1v) is 22.4. The molecule has 4 unspecified atom stereocenters. The van der Waals surface area contributed by atoms with Gasteiger partial charge in [-0.1, -0.05) is 146 Å². The van der Waals surface area contributed by atoms with Crippen molar-refractivity contribution in [2.75, 3.05) is 5.32 Å². The van der Waals surface area contributed by atoms with Gasteiger partial charge in [-0.3, -0.25) is 0 Å². The van der Waals surface area contributed by atoms with Crippen LogP contribution in [0.15, 0.2) is 145 Å². The van der Waals surface area contributed by atoms with Gasteiger partial charge in [0.15, 0.2) is 0 Å². The molecule has 5 aromatic carbocycles. The number of nitrogens with one attached hydrogen (secondary N) is 1. The molecular formula is C58H51N. The third kappa shape index (κ3) is 5.88. The summed E-state index contributed by atoms with van der Waals surface area (Å²) in [6, 6.07) is 30.1. The van der Waals surface area contributed by atoms with Gasteiger partial charge in [-0.15, -0.1) is 0 Å². The number of rotatable bonds is 5. The van der Waals surface area contributed by atoms with Crippen molar-refractivity contribution in [1.82, 2.24) is 0 Å². The van der Waals surface area contributed by atoms with Crippen LogP contribution in [0, 0.1) is 11.8 Å². The van der Waals surface area contributed by atoms with Crippen LogP contribution >= 0.6 is 0 Å². The fourth-order valence-electron chi connectivity index (χ4n) is 12.0. The van der Waals surface area contributed by atoms with Crippen molar-refractivity contribution in [3.63, 3.8) is 0 Å². The molecular weight excluding hydrogens is 711 g/mol. The van der Waals surface area contributed by atoms with E-state index in [2.05, 4.69) is 163 Å². The number of allylic oxidation sites excluding steroid dienone is 13. The summed E-state index contributed by atoms with van der Waals surface area (Å²) in [5, 5.41) is 15.4. The Labute approximate surface area is 348 Å². The Morgan fingerprint density at radius 3 is 2.02 bits per heavy atom. The summed E-state index contributed by atoms with van der Waals surface area (Å²) in [5.74, 6) is 1.56. The summed E-state index contributed by atoms with van der Waals surface area (Å²) < 4.78 is 0. The monoisotopic (exact) mass is 761 g/mol. The fraction of sp³-hybridized carbons (Fsp3) is 0.241. The molecule has 0 bridgehead atoms. The lowest BCUT2D eigenvalue weighted by molar-refractivity contribution is 0.464. The number of hydrogen-bond donors (Lipinski definition) is 1. The van der Waals surface area contributed by atoms with E-state index in [-0.39, 0.29) is 0 Å². The van der Waals surface area contributed by atoms with E-state index in [0.29, 0.717) is 23.8 Å². The lowest BCUT2D eigenvalue weighted by Gasteiger charge is -2.34. The summed E-state index contributed by atoms with van der Waals surface area (Å²) in [6.45, 7) is 0. The molecule has 1 nitrogen and oxygen atoms in total. The first kappa shape index (κ1) is 35.1. The Bertz CT molecular complexity index is 3100. The Morgan fingerprint density at radius 1 is 0.576 bits per heavy atom. The number of para-hydroxylation sites is 1.